The van der Waals surface area contributed by atoms with Gasteiger partial charge in [-0.05, 0) is 37.5 Å². The Labute approximate surface area is 156 Å². The number of aromatic nitrogens is 2. The summed E-state index contributed by atoms with van der Waals surface area (Å²) in [4.78, 5) is 15.2. The molecule has 1 aliphatic rings. The first kappa shape index (κ1) is 18.2. The number of hydrogen-bond donors (Lipinski definition) is 0. The molecule has 1 amide bonds. The Morgan fingerprint density at radius 2 is 2.12 bits per heavy atom. The minimum absolute atomic E-state index is 0.137. The highest BCUT2D eigenvalue weighted by molar-refractivity contribution is 8.02. The molecule has 1 aliphatic heterocycles. The van der Waals surface area contributed by atoms with E-state index in [1.807, 2.05) is 19.1 Å². The Balaban J connectivity index is 1.77. The van der Waals surface area contributed by atoms with Crippen LogP contribution in [0.2, 0.25) is 0 Å². The number of benzene rings is 1. The van der Waals surface area contributed by atoms with Crippen LogP contribution in [0.15, 0.2) is 34.1 Å². The largest absolute Gasteiger partial charge is 0.497 e. The number of carbonyl (C=O) groups excluding carboxylic acids is 1. The minimum Gasteiger partial charge on any atom is -0.497 e. The zero-order valence-electron chi connectivity index (χ0n) is 14.6. The van der Waals surface area contributed by atoms with Crippen LogP contribution >= 0.6 is 23.1 Å². The van der Waals surface area contributed by atoms with Crippen LogP contribution in [0.1, 0.15) is 44.2 Å². The molecule has 5 nitrogen and oxygen atoms in total. The molecule has 7 heteroatoms. The molecule has 0 saturated carbocycles. The Morgan fingerprint density at radius 3 is 2.80 bits per heavy atom. The smallest absolute Gasteiger partial charge is 0.236 e. The second kappa shape index (κ2) is 8.67. The third-order valence-electron chi connectivity index (χ3n) is 4.50. The summed E-state index contributed by atoms with van der Waals surface area (Å²) in [5.74, 6) is 1.03. The molecule has 1 aromatic heterocycles. The van der Waals surface area contributed by atoms with Crippen LogP contribution < -0.4 is 4.74 Å². The monoisotopic (exact) mass is 377 g/mol. The van der Waals surface area contributed by atoms with Crippen LogP contribution in [0.5, 0.6) is 5.75 Å². The van der Waals surface area contributed by atoms with Gasteiger partial charge in [0.25, 0.3) is 0 Å². The maximum Gasteiger partial charge on any atom is 0.236 e. The second-order valence-electron chi connectivity index (χ2n) is 6.13. The first-order chi connectivity index (χ1) is 12.2. The molecule has 0 bridgehead atoms. The van der Waals surface area contributed by atoms with E-state index in [1.54, 1.807) is 12.6 Å². The Morgan fingerprint density at radius 1 is 1.32 bits per heavy atom. The summed E-state index contributed by atoms with van der Waals surface area (Å²) in [6.07, 6.45) is 4.40. The fraction of sp³-hybridized carbons (Fsp3) is 0.500. The van der Waals surface area contributed by atoms with Gasteiger partial charge in [-0.2, -0.15) is 0 Å². The van der Waals surface area contributed by atoms with Crippen LogP contribution in [0.25, 0.3) is 0 Å². The fourth-order valence-electron chi connectivity index (χ4n) is 3.19. The normalized spacial score (nSPS) is 19.3. The van der Waals surface area contributed by atoms with Gasteiger partial charge in [-0.3, -0.25) is 4.79 Å². The van der Waals surface area contributed by atoms with Crippen molar-refractivity contribution in [2.45, 2.75) is 48.2 Å². The van der Waals surface area contributed by atoms with Gasteiger partial charge in [0.15, 0.2) is 4.34 Å². The molecule has 134 valence electrons. The van der Waals surface area contributed by atoms with Crippen LogP contribution in [-0.4, -0.2) is 39.9 Å². The van der Waals surface area contributed by atoms with Gasteiger partial charge in [-0.25, -0.2) is 0 Å². The molecule has 25 heavy (non-hydrogen) atoms. The zero-order valence-corrected chi connectivity index (χ0v) is 16.2. The van der Waals surface area contributed by atoms with Crippen molar-refractivity contribution in [3.63, 3.8) is 0 Å². The number of amides is 1. The molecule has 2 aromatic rings. The average Bonchev–Trinajstić information content (AvgIpc) is 3.03. The van der Waals surface area contributed by atoms with E-state index in [2.05, 4.69) is 27.2 Å². The molecular weight excluding hydrogens is 354 g/mol. The van der Waals surface area contributed by atoms with Gasteiger partial charge in [0, 0.05) is 6.54 Å². The van der Waals surface area contributed by atoms with E-state index in [9.17, 15) is 4.79 Å². The molecule has 0 radical (unpaired) electrons. The maximum atomic E-state index is 13.1. The standard InChI is InChI=1S/C18H23N3O2S2/c1-13(25-18-20-19-12-24-18)17(22)21-11-5-3-4-6-16(21)14-7-9-15(23-2)10-8-14/h7-10,12-13,16H,3-6,11H2,1-2H3. The Bertz CT molecular complexity index is 676. The molecule has 2 heterocycles. The lowest BCUT2D eigenvalue weighted by molar-refractivity contribution is -0.132. The molecule has 3 rings (SSSR count). The number of nitrogens with zero attached hydrogens (tertiary/aromatic N) is 3. The van der Waals surface area contributed by atoms with Crippen molar-refractivity contribution in [3.05, 3.63) is 35.3 Å². The average molecular weight is 378 g/mol. The van der Waals surface area contributed by atoms with Crippen LogP contribution in [0.3, 0.4) is 0 Å². The highest BCUT2D eigenvalue weighted by Crippen LogP contribution is 2.34. The number of rotatable bonds is 5. The number of hydrogen-bond acceptors (Lipinski definition) is 6. The quantitative estimate of drug-likeness (QED) is 0.732. The van der Waals surface area contributed by atoms with Crippen LogP contribution in [-0.2, 0) is 4.79 Å². The minimum atomic E-state index is -0.160. The second-order valence-corrected chi connectivity index (χ2v) is 8.56. The number of thioether (sulfide) groups is 1. The van der Waals surface area contributed by atoms with Crippen molar-refractivity contribution < 1.29 is 9.53 Å². The highest BCUT2D eigenvalue weighted by Gasteiger charge is 2.30. The van der Waals surface area contributed by atoms with E-state index in [0.717, 1.165) is 35.9 Å². The van der Waals surface area contributed by atoms with Crippen molar-refractivity contribution >= 4 is 29.0 Å². The first-order valence-corrected chi connectivity index (χ1v) is 10.3. The highest BCUT2D eigenvalue weighted by atomic mass is 32.2. The van der Waals surface area contributed by atoms with E-state index in [1.165, 1.54) is 35.1 Å². The first-order valence-electron chi connectivity index (χ1n) is 8.56. The van der Waals surface area contributed by atoms with Crippen molar-refractivity contribution in [1.29, 1.82) is 0 Å². The van der Waals surface area contributed by atoms with Crippen LogP contribution in [0.4, 0.5) is 0 Å². The SMILES string of the molecule is COc1ccc(C2CCCCCN2C(=O)C(C)Sc2nncs2)cc1. The van der Waals surface area contributed by atoms with E-state index in [4.69, 9.17) is 4.74 Å². The third kappa shape index (κ3) is 4.52. The lowest BCUT2D eigenvalue weighted by Crippen LogP contribution is -2.39. The van der Waals surface area contributed by atoms with Gasteiger partial charge >= 0.3 is 0 Å². The molecule has 1 saturated heterocycles. The summed E-state index contributed by atoms with van der Waals surface area (Å²) in [5.41, 5.74) is 2.88. The lowest BCUT2D eigenvalue weighted by atomic mass is 10.0. The number of likely N-dealkylation sites (tertiary alicyclic amines) is 1. The van der Waals surface area contributed by atoms with Crippen molar-refractivity contribution in [2.24, 2.45) is 0 Å². The van der Waals surface area contributed by atoms with Gasteiger partial charge in [-0.15, -0.1) is 10.2 Å². The summed E-state index contributed by atoms with van der Waals surface area (Å²) in [7, 11) is 1.67. The molecule has 1 aromatic carbocycles. The van der Waals surface area contributed by atoms with Gasteiger partial charge < -0.3 is 9.64 Å². The van der Waals surface area contributed by atoms with E-state index in [-0.39, 0.29) is 17.2 Å². The van der Waals surface area contributed by atoms with Crippen molar-refractivity contribution in [2.75, 3.05) is 13.7 Å². The summed E-state index contributed by atoms with van der Waals surface area (Å²) in [6.45, 7) is 2.78. The molecule has 2 unspecified atom stereocenters. The lowest BCUT2D eigenvalue weighted by Gasteiger charge is -2.32. The van der Waals surface area contributed by atoms with Gasteiger partial charge in [0.05, 0.1) is 18.4 Å². The molecular formula is C18H23N3O2S2. The van der Waals surface area contributed by atoms with E-state index < -0.39 is 0 Å². The Kier molecular flexibility index (Phi) is 6.31. The summed E-state index contributed by atoms with van der Waals surface area (Å²) in [6, 6.07) is 8.25. The molecule has 0 N–H and O–H groups in total. The summed E-state index contributed by atoms with van der Waals surface area (Å²) in [5, 5.41) is 7.74. The van der Waals surface area contributed by atoms with Crippen molar-refractivity contribution in [1.82, 2.24) is 15.1 Å². The van der Waals surface area contributed by atoms with Gasteiger partial charge in [0.2, 0.25) is 5.91 Å². The molecule has 0 spiro atoms. The number of carbonyl (C=O) groups is 1. The maximum absolute atomic E-state index is 13.1. The number of ether oxygens (including phenoxy) is 1. The predicted molar refractivity (Wildman–Crippen MR) is 101 cm³/mol. The fourth-order valence-corrected chi connectivity index (χ4v) is 4.89. The van der Waals surface area contributed by atoms with Gasteiger partial charge in [-0.1, -0.05) is 48.1 Å². The van der Waals surface area contributed by atoms with Gasteiger partial charge in [0.1, 0.15) is 11.3 Å². The molecule has 2 atom stereocenters. The van der Waals surface area contributed by atoms with E-state index in [0.29, 0.717) is 0 Å². The topological polar surface area (TPSA) is 55.3 Å². The molecule has 1 fully saturated rings. The van der Waals surface area contributed by atoms with Crippen LogP contribution in [0, 0.1) is 0 Å². The Hall–Kier alpha value is -1.60. The summed E-state index contributed by atoms with van der Waals surface area (Å²) >= 11 is 2.97. The number of methoxy groups -OCH3 is 1. The predicted octanol–water partition coefficient (Wildman–Crippen LogP) is 4.17. The summed E-state index contributed by atoms with van der Waals surface area (Å²) < 4.78 is 6.10. The zero-order chi connectivity index (χ0) is 17.6. The van der Waals surface area contributed by atoms with E-state index >= 15 is 0 Å². The molecule has 0 aliphatic carbocycles. The third-order valence-corrected chi connectivity index (χ3v) is 6.40. The van der Waals surface area contributed by atoms with Crippen molar-refractivity contribution in [3.8, 4) is 5.75 Å².